The van der Waals surface area contributed by atoms with Crippen LogP contribution < -0.4 is 20.0 Å². The Bertz CT molecular complexity index is 1380. The maximum Gasteiger partial charge on any atom is 0.322 e. The number of amides is 1. The second kappa shape index (κ2) is 9.35. The third kappa shape index (κ3) is 4.59. The van der Waals surface area contributed by atoms with Crippen molar-refractivity contribution in [1.29, 1.82) is 0 Å². The van der Waals surface area contributed by atoms with E-state index >= 15 is 0 Å². The van der Waals surface area contributed by atoms with Gasteiger partial charge in [-0.15, -0.1) is 5.10 Å². The summed E-state index contributed by atoms with van der Waals surface area (Å²) in [6.07, 6.45) is 3.48. The third-order valence-electron chi connectivity index (χ3n) is 5.01. The van der Waals surface area contributed by atoms with E-state index in [9.17, 15) is 14.4 Å². The Balaban J connectivity index is 1.68. The monoisotopic (exact) mass is 449 g/mol. The number of fused-ring (bicyclic) bond motifs is 1. The molecule has 0 atom stereocenters. The van der Waals surface area contributed by atoms with Crippen LogP contribution in [0, 0.1) is 0 Å². The number of rotatable bonds is 8. The quantitative estimate of drug-likeness (QED) is 0.347. The fraction of sp³-hybridized carbons (Fsp3) is 0.174. The lowest BCUT2D eigenvalue weighted by atomic mass is 10.1. The molecular weight excluding hydrogens is 428 g/mol. The summed E-state index contributed by atoms with van der Waals surface area (Å²) in [6, 6.07) is 12.7. The first kappa shape index (κ1) is 21.8. The normalized spacial score (nSPS) is 10.8. The van der Waals surface area contributed by atoms with Gasteiger partial charge in [0.1, 0.15) is 35.4 Å². The number of nitrogens with one attached hydrogen (secondary N) is 2. The predicted molar refractivity (Wildman–Crippen MR) is 117 cm³/mol. The molecule has 0 spiro atoms. The van der Waals surface area contributed by atoms with E-state index < -0.39 is 18.4 Å². The zero-order chi connectivity index (χ0) is 23.4. The standard InChI is InChI=1S/C23H20N4O6/c1-2-14-8-16-19(9-18(14)33-12-20(28)24-10-21(29)30)32-11-17(22(16)31)23-26-25-13-27(23)15-6-4-3-5-7-15/h3-9,11,13H,2,10,12H2,1H3,(H2,24,28,29,30)/p+1. The second-order valence-electron chi connectivity index (χ2n) is 7.16. The number of H-pyrrole nitrogens is 1. The van der Waals surface area contributed by atoms with Crippen molar-refractivity contribution in [3.8, 4) is 22.8 Å². The smallest absolute Gasteiger partial charge is 0.322 e. The lowest BCUT2D eigenvalue weighted by Crippen LogP contribution is -2.33. The van der Waals surface area contributed by atoms with Crippen LogP contribution in [0.4, 0.5) is 0 Å². The molecule has 3 N–H and O–H groups in total. The zero-order valence-corrected chi connectivity index (χ0v) is 17.7. The Hall–Kier alpha value is -4.47. The number of carboxylic acids is 1. The summed E-state index contributed by atoms with van der Waals surface area (Å²) < 4.78 is 13.1. The summed E-state index contributed by atoms with van der Waals surface area (Å²) in [7, 11) is 0. The minimum Gasteiger partial charge on any atom is -0.483 e. The number of aliphatic carboxylic acids is 1. The number of para-hydroxylation sites is 1. The Morgan fingerprint density at radius 3 is 2.76 bits per heavy atom. The minimum atomic E-state index is -1.15. The van der Waals surface area contributed by atoms with E-state index in [0.717, 1.165) is 5.69 Å². The molecular formula is C23H21N4O6+. The average Bonchev–Trinajstić information content (AvgIpc) is 3.31. The molecule has 0 aliphatic carbocycles. The van der Waals surface area contributed by atoms with Crippen LogP contribution in [0.3, 0.4) is 0 Å². The molecule has 0 aliphatic heterocycles. The minimum absolute atomic E-state index is 0.245. The highest BCUT2D eigenvalue weighted by molar-refractivity contribution is 5.84. The molecule has 10 nitrogen and oxygen atoms in total. The molecule has 0 bridgehead atoms. The number of hydrogen-bond donors (Lipinski definition) is 3. The number of ether oxygens (including phenoxy) is 1. The SMILES string of the molecule is CCc1cc2c(=O)c(-c3[nH]nc[n+]3-c3ccccc3)coc2cc1OCC(=O)NCC(=O)O. The fourth-order valence-electron chi connectivity index (χ4n) is 3.38. The first-order valence-electron chi connectivity index (χ1n) is 10.2. The molecule has 10 heteroatoms. The number of aromatic nitrogens is 3. The number of carbonyl (C=O) groups is 2. The Morgan fingerprint density at radius 1 is 1.24 bits per heavy atom. The van der Waals surface area contributed by atoms with Crippen LogP contribution in [0.15, 0.2) is 64.3 Å². The van der Waals surface area contributed by atoms with Gasteiger partial charge in [0.05, 0.1) is 5.39 Å². The van der Waals surface area contributed by atoms with Crippen LogP contribution >= 0.6 is 0 Å². The summed E-state index contributed by atoms with van der Waals surface area (Å²) >= 11 is 0. The Labute approximate surface area is 187 Å². The number of aryl methyl sites for hydroxylation is 1. The molecule has 0 fully saturated rings. The van der Waals surface area contributed by atoms with Gasteiger partial charge in [-0.25, -0.2) is 0 Å². The van der Waals surface area contributed by atoms with Crippen molar-refractivity contribution >= 4 is 22.8 Å². The topological polar surface area (TPSA) is 138 Å². The molecule has 168 valence electrons. The molecule has 4 aromatic rings. The van der Waals surface area contributed by atoms with Gasteiger partial charge in [-0.05, 0) is 30.2 Å². The first-order chi connectivity index (χ1) is 16.0. The van der Waals surface area contributed by atoms with Crippen LogP contribution in [0.5, 0.6) is 5.75 Å². The van der Waals surface area contributed by atoms with Crippen molar-refractivity contribution in [2.75, 3.05) is 13.2 Å². The van der Waals surface area contributed by atoms with Gasteiger partial charge in [0.25, 0.3) is 18.1 Å². The van der Waals surface area contributed by atoms with E-state index in [1.807, 2.05) is 37.3 Å². The maximum absolute atomic E-state index is 13.3. The maximum atomic E-state index is 13.3. The largest absolute Gasteiger partial charge is 0.483 e. The van der Waals surface area contributed by atoms with E-state index in [1.54, 1.807) is 23.0 Å². The van der Waals surface area contributed by atoms with Crippen molar-refractivity contribution in [1.82, 2.24) is 15.5 Å². The van der Waals surface area contributed by atoms with Gasteiger partial charge in [0.15, 0.2) is 6.61 Å². The molecule has 0 radical (unpaired) electrons. The number of carboxylic acid groups (broad SMARTS) is 1. The highest BCUT2D eigenvalue weighted by Crippen LogP contribution is 2.26. The number of nitrogens with zero attached hydrogens (tertiary/aromatic N) is 2. The van der Waals surface area contributed by atoms with Gasteiger partial charge >= 0.3 is 5.97 Å². The predicted octanol–water partition coefficient (Wildman–Crippen LogP) is 1.60. The fourth-order valence-corrected chi connectivity index (χ4v) is 3.38. The van der Waals surface area contributed by atoms with Crippen molar-refractivity contribution in [3.05, 3.63) is 70.8 Å². The third-order valence-corrected chi connectivity index (χ3v) is 5.01. The first-order valence-corrected chi connectivity index (χ1v) is 10.2. The Kier molecular flexibility index (Phi) is 6.16. The van der Waals surface area contributed by atoms with Crippen LogP contribution in [-0.2, 0) is 16.0 Å². The lowest BCUT2D eigenvalue weighted by molar-refractivity contribution is -0.584. The molecule has 1 amide bonds. The molecule has 0 unspecified atom stereocenters. The molecule has 2 aromatic carbocycles. The molecule has 33 heavy (non-hydrogen) atoms. The molecule has 0 saturated carbocycles. The molecule has 0 saturated heterocycles. The van der Waals surface area contributed by atoms with Gasteiger partial charge in [-0.2, -0.15) is 4.57 Å². The van der Waals surface area contributed by atoms with Crippen LogP contribution in [0.25, 0.3) is 28.0 Å². The molecule has 0 aliphatic rings. The van der Waals surface area contributed by atoms with Gasteiger partial charge in [0, 0.05) is 11.2 Å². The van der Waals surface area contributed by atoms with E-state index in [2.05, 4.69) is 15.5 Å². The van der Waals surface area contributed by atoms with E-state index in [1.165, 1.54) is 6.26 Å². The number of benzene rings is 2. The van der Waals surface area contributed by atoms with Crippen molar-refractivity contribution in [2.45, 2.75) is 13.3 Å². The van der Waals surface area contributed by atoms with Crippen molar-refractivity contribution in [2.24, 2.45) is 0 Å². The Morgan fingerprint density at radius 2 is 2.03 bits per heavy atom. The van der Waals surface area contributed by atoms with Gasteiger partial charge in [-0.1, -0.05) is 25.1 Å². The van der Waals surface area contributed by atoms with Gasteiger partial charge in [0.2, 0.25) is 5.43 Å². The summed E-state index contributed by atoms with van der Waals surface area (Å²) in [5, 5.41) is 18.2. The van der Waals surface area contributed by atoms with Crippen molar-refractivity contribution in [3.63, 3.8) is 0 Å². The zero-order valence-electron chi connectivity index (χ0n) is 17.7. The summed E-state index contributed by atoms with van der Waals surface area (Å²) in [4.78, 5) is 35.7. The van der Waals surface area contributed by atoms with E-state index in [0.29, 0.717) is 40.1 Å². The molecule has 2 aromatic heterocycles. The van der Waals surface area contributed by atoms with Gasteiger partial charge in [-0.3, -0.25) is 14.4 Å². The summed E-state index contributed by atoms with van der Waals surface area (Å²) in [6.45, 7) is 1.04. The van der Waals surface area contributed by atoms with Crippen LogP contribution in [-0.4, -0.2) is 40.3 Å². The highest BCUT2D eigenvalue weighted by Gasteiger charge is 2.21. The van der Waals surface area contributed by atoms with Crippen LogP contribution in [0.1, 0.15) is 12.5 Å². The van der Waals surface area contributed by atoms with Crippen LogP contribution in [0.2, 0.25) is 0 Å². The number of carbonyl (C=O) groups excluding carboxylic acids is 1. The summed E-state index contributed by atoms with van der Waals surface area (Å²) in [5.74, 6) is -0.856. The average molecular weight is 449 g/mol. The number of hydrogen-bond acceptors (Lipinski definition) is 6. The van der Waals surface area contributed by atoms with Crippen molar-refractivity contribution < 1.29 is 28.4 Å². The highest BCUT2D eigenvalue weighted by atomic mass is 16.5. The number of aromatic amines is 1. The van der Waals surface area contributed by atoms with E-state index in [4.69, 9.17) is 14.3 Å². The van der Waals surface area contributed by atoms with E-state index in [-0.39, 0.29) is 12.0 Å². The van der Waals surface area contributed by atoms with Gasteiger partial charge < -0.3 is 19.6 Å². The summed E-state index contributed by atoms with van der Waals surface area (Å²) in [5.41, 5.74) is 1.91. The molecule has 2 heterocycles. The lowest BCUT2D eigenvalue weighted by Gasteiger charge is -2.11. The second-order valence-corrected chi connectivity index (χ2v) is 7.16. The molecule has 4 rings (SSSR count).